The molecule has 0 amide bonds. The van der Waals surface area contributed by atoms with Crippen molar-refractivity contribution in [1.29, 1.82) is 0 Å². The SMILES string of the molecule is CC(NCc1sccc1Br)c1cccs1. The van der Waals surface area contributed by atoms with Crippen molar-refractivity contribution in [1.82, 2.24) is 5.32 Å². The van der Waals surface area contributed by atoms with Gasteiger partial charge in [0.1, 0.15) is 0 Å². The summed E-state index contributed by atoms with van der Waals surface area (Å²) in [6.07, 6.45) is 0. The summed E-state index contributed by atoms with van der Waals surface area (Å²) in [5, 5.41) is 7.75. The van der Waals surface area contributed by atoms with Crippen LogP contribution in [0.4, 0.5) is 0 Å². The van der Waals surface area contributed by atoms with E-state index in [4.69, 9.17) is 0 Å². The van der Waals surface area contributed by atoms with Crippen molar-refractivity contribution in [2.75, 3.05) is 0 Å². The molecular formula is C11H12BrNS2. The third-order valence-corrected chi connectivity index (χ3v) is 5.21. The fraction of sp³-hybridized carbons (Fsp3) is 0.273. The first-order chi connectivity index (χ1) is 7.27. The average Bonchev–Trinajstić information content (AvgIpc) is 2.85. The van der Waals surface area contributed by atoms with Gasteiger partial charge < -0.3 is 5.32 Å². The van der Waals surface area contributed by atoms with E-state index in [2.05, 4.69) is 57.1 Å². The van der Waals surface area contributed by atoms with Crippen molar-refractivity contribution in [2.45, 2.75) is 19.5 Å². The molecule has 0 aliphatic heterocycles. The molecule has 2 aromatic heterocycles. The summed E-state index contributed by atoms with van der Waals surface area (Å²) in [5.74, 6) is 0. The van der Waals surface area contributed by atoms with E-state index in [0.29, 0.717) is 6.04 Å². The van der Waals surface area contributed by atoms with Crippen LogP contribution in [0.25, 0.3) is 0 Å². The summed E-state index contributed by atoms with van der Waals surface area (Å²) in [7, 11) is 0. The second-order valence-electron chi connectivity index (χ2n) is 3.31. The fourth-order valence-corrected chi connectivity index (χ4v) is 3.54. The minimum Gasteiger partial charge on any atom is -0.305 e. The Morgan fingerprint density at radius 3 is 2.80 bits per heavy atom. The maximum Gasteiger partial charge on any atom is 0.0389 e. The predicted molar refractivity (Wildman–Crippen MR) is 71.6 cm³/mol. The Morgan fingerprint density at radius 2 is 2.20 bits per heavy atom. The molecule has 2 aromatic rings. The van der Waals surface area contributed by atoms with Crippen molar-refractivity contribution in [3.63, 3.8) is 0 Å². The third-order valence-electron chi connectivity index (χ3n) is 2.23. The monoisotopic (exact) mass is 301 g/mol. The first kappa shape index (κ1) is 11.3. The van der Waals surface area contributed by atoms with Gasteiger partial charge in [-0.1, -0.05) is 6.07 Å². The molecule has 0 aromatic carbocycles. The van der Waals surface area contributed by atoms with Crippen LogP contribution in [0.3, 0.4) is 0 Å². The minimum absolute atomic E-state index is 0.430. The fourth-order valence-electron chi connectivity index (χ4n) is 1.34. The average molecular weight is 302 g/mol. The minimum atomic E-state index is 0.430. The molecule has 4 heteroatoms. The summed E-state index contributed by atoms with van der Waals surface area (Å²) in [4.78, 5) is 2.75. The predicted octanol–water partition coefficient (Wildman–Crippen LogP) is 4.42. The van der Waals surface area contributed by atoms with Crippen LogP contribution < -0.4 is 5.32 Å². The molecule has 1 atom stereocenters. The van der Waals surface area contributed by atoms with Gasteiger partial charge in [-0.3, -0.25) is 0 Å². The van der Waals surface area contributed by atoms with Gasteiger partial charge in [-0.2, -0.15) is 0 Å². The second-order valence-corrected chi connectivity index (χ2v) is 6.14. The van der Waals surface area contributed by atoms with Gasteiger partial charge in [0.25, 0.3) is 0 Å². The zero-order valence-electron chi connectivity index (χ0n) is 8.37. The van der Waals surface area contributed by atoms with Crippen molar-refractivity contribution >= 4 is 38.6 Å². The lowest BCUT2D eigenvalue weighted by Crippen LogP contribution is -2.16. The van der Waals surface area contributed by atoms with E-state index in [1.165, 1.54) is 14.2 Å². The van der Waals surface area contributed by atoms with Gasteiger partial charge in [-0.15, -0.1) is 22.7 Å². The Balaban J connectivity index is 1.91. The molecule has 0 bridgehead atoms. The van der Waals surface area contributed by atoms with E-state index < -0.39 is 0 Å². The normalized spacial score (nSPS) is 12.9. The van der Waals surface area contributed by atoms with E-state index in [1.807, 2.05) is 0 Å². The Kier molecular flexibility index (Phi) is 3.97. The maximum atomic E-state index is 3.54. The molecule has 0 saturated heterocycles. The molecule has 1 nitrogen and oxygen atoms in total. The number of hydrogen-bond donors (Lipinski definition) is 1. The van der Waals surface area contributed by atoms with Crippen LogP contribution in [-0.2, 0) is 6.54 Å². The Bertz CT molecular complexity index is 408. The van der Waals surface area contributed by atoms with Gasteiger partial charge in [0.15, 0.2) is 0 Å². The maximum absolute atomic E-state index is 3.54. The molecule has 1 unspecified atom stereocenters. The smallest absolute Gasteiger partial charge is 0.0389 e. The lowest BCUT2D eigenvalue weighted by Gasteiger charge is -2.11. The molecule has 2 heterocycles. The van der Waals surface area contributed by atoms with E-state index in [-0.39, 0.29) is 0 Å². The van der Waals surface area contributed by atoms with Gasteiger partial charge in [-0.25, -0.2) is 0 Å². The number of nitrogens with one attached hydrogen (secondary N) is 1. The summed E-state index contributed by atoms with van der Waals surface area (Å²) in [6.45, 7) is 3.13. The summed E-state index contributed by atoms with van der Waals surface area (Å²) >= 11 is 7.12. The van der Waals surface area contributed by atoms with Gasteiger partial charge >= 0.3 is 0 Å². The Labute approximate surface area is 106 Å². The Hall–Kier alpha value is -0.160. The van der Waals surface area contributed by atoms with E-state index >= 15 is 0 Å². The van der Waals surface area contributed by atoms with Crippen LogP contribution in [-0.4, -0.2) is 0 Å². The highest BCUT2D eigenvalue weighted by Gasteiger charge is 2.07. The lowest BCUT2D eigenvalue weighted by atomic mass is 10.3. The van der Waals surface area contributed by atoms with Crippen LogP contribution >= 0.6 is 38.6 Å². The first-order valence-electron chi connectivity index (χ1n) is 4.76. The molecule has 0 radical (unpaired) electrons. The number of hydrogen-bond acceptors (Lipinski definition) is 3. The van der Waals surface area contributed by atoms with Crippen molar-refractivity contribution in [3.8, 4) is 0 Å². The van der Waals surface area contributed by atoms with Crippen molar-refractivity contribution in [3.05, 3.63) is 43.2 Å². The molecule has 0 saturated carbocycles. The standard InChI is InChI=1S/C11H12BrNS2/c1-8(10-3-2-5-14-10)13-7-11-9(12)4-6-15-11/h2-6,8,13H,7H2,1H3. The molecule has 1 N–H and O–H groups in total. The molecular weight excluding hydrogens is 290 g/mol. The van der Waals surface area contributed by atoms with Gasteiger partial charge in [0, 0.05) is 26.8 Å². The van der Waals surface area contributed by atoms with Crippen LogP contribution in [0.5, 0.6) is 0 Å². The second kappa shape index (κ2) is 5.25. The molecule has 15 heavy (non-hydrogen) atoms. The zero-order chi connectivity index (χ0) is 10.7. The Morgan fingerprint density at radius 1 is 1.33 bits per heavy atom. The molecule has 0 spiro atoms. The van der Waals surface area contributed by atoms with E-state index in [1.54, 1.807) is 22.7 Å². The lowest BCUT2D eigenvalue weighted by molar-refractivity contribution is 0.586. The summed E-state index contributed by atoms with van der Waals surface area (Å²) < 4.78 is 1.21. The molecule has 2 rings (SSSR count). The summed E-state index contributed by atoms with van der Waals surface area (Å²) in [6, 6.07) is 6.79. The van der Waals surface area contributed by atoms with Crippen molar-refractivity contribution in [2.24, 2.45) is 0 Å². The largest absolute Gasteiger partial charge is 0.305 e. The first-order valence-corrected chi connectivity index (χ1v) is 7.31. The highest BCUT2D eigenvalue weighted by molar-refractivity contribution is 9.10. The van der Waals surface area contributed by atoms with E-state index in [0.717, 1.165) is 6.54 Å². The van der Waals surface area contributed by atoms with Gasteiger partial charge in [0.2, 0.25) is 0 Å². The zero-order valence-corrected chi connectivity index (χ0v) is 11.6. The third kappa shape index (κ3) is 2.91. The van der Waals surface area contributed by atoms with Crippen LogP contribution in [0.1, 0.15) is 22.7 Å². The quantitative estimate of drug-likeness (QED) is 0.881. The van der Waals surface area contributed by atoms with Crippen molar-refractivity contribution < 1.29 is 0 Å². The molecule has 0 fully saturated rings. The number of halogens is 1. The van der Waals surface area contributed by atoms with Crippen LogP contribution in [0.2, 0.25) is 0 Å². The van der Waals surface area contributed by atoms with E-state index in [9.17, 15) is 0 Å². The molecule has 0 aliphatic rings. The highest BCUT2D eigenvalue weighted by atomic mass is 79.9. The number of thiophene rings is 2. The van der Waals surface area contributed by atoms with Crippen LogP contribution in [0.15, 0.2) is 33.4 Å². The number of rotatable bonds is 4. The highest BCUT2D eigenvalue weighted by Crippen LogP contribution is 2.24. The van der Waals surface area contributed by atoms with Crippen LogP contribution in [0, 0.1) is 0 Å². The van der Waals surface area contributed by atoms with Gasteiger partial charge in [0.05, 0.1) is 0 Å². The molecule has 0 aliphatic carbocycles. The topological polar surface area (TPSA) is 12.0 Å². The van der Waals surface area contributed by atoms with Gasteiger partial charge in [-0.05, 0) is 45.7 Å². The molecule has 80 valence electrons. The summed E-state index contributed by atoms with van der Waals surface area (Å²) in [5.41, 5.74) is 0.